The van der Waals surface area contributed by atoms with Crippen molar-refractivity contribution < 1.29 is 19.4 Å². The van der Waals surface area contributed by atoms with Crippen LogP contribution in [0.3, 0.4) is 0 Å². The zero-order valence-corrected chi connectivity index (χ0v) is 14.5. The molecule has 3 rings (SSSR count). The molecule has 0 aliphatic heterocycles. The summed E-state index contributed by atoms with van der Waals surface area (Å²) in [6.45, 7) is 1.89. The van der Waals surface area contributed by atoms with Crippen molar-refractivity contribution in [2.24, 2.45) is 0 Å². The van der Waals surface area contributed by atoms with Gasteiger partial charge in [0.2, 0.25) is 0 Å². The molecule has 132 valence electrons. The van der Waals surface area contributed by atoms with Crippen LogP contribution in [0.2, 0.25) is 0 Å². The number of ether oxygens (including phenoxy) is 2. The quantitative estimate of drug-likeness (QED) is 0.662. The Labute approximate surface area is 152 Å². The molecule has 3 aromatic carbocycles. The van der Waals surface area contributed by atoms with Gasteiger partial charge in [0.05, 0.1) is 0 Å². The van der Waals surface area contributed by atoms with E-state index >= 15 is 0 Å². The van der Waals surface area contributed by atoms with Crippen LogP contribution in [0.1, 0.15) is 11.1 Å². The van der Waals surface area contributed by atoms with E-state index in [1.54, 1.807) is 6.07 Å². The standard InChI is InChI=1S/C22H20O4/c1-16-9-5-7-13-19(16)26-21(22(23)24)15-17-10-6-8-14-20(17)25-18-11-3-2-4-12-18/h2-14,21H,15H2,1H3,(H,23,24)/t21-/m0/s1. The number of aliphatic carboxylic acids is 1. The minimum atomic E-state index is -1.01. The molecule has 0 radical (unpaired) electrons. The summed E-state index contributed by atoms with van der Waals surface area (Å²) in [5, 5.41) is 9.60. The van der Waals surface area contributed by atoms with E-state index in [1.165, 1.54) is 0 Å². The van der Waals surface area contributed by atoms with E-state index in [2.05, 4.69) is 0 Å². The fourth-order valence-electron chi connectivity index (χ4n) is 2.61. The van der Waals surface area contributed by atoms with Crippen molar-refractivity contribution in [2.75, 3.05) is 0 Å². The maximum atomic E-state index is 11.7. The first-order chi connectivity index (χ1) is 12.6. The average molecular weight is 348 g/mol. The van der Waals surface area contributed by atoms with Gasteiger partial charge in [-0.3, -0.25) is 0 Å². The summed E-state index contributed by atoms with van der Waals surface area (Å²) >= 11 is 0. The first kappa shape index (κ1) is 17.5. The third-order valence-electron chi connectivity index (χ3n) is 3.99. The highest BCUT2D eigenvalue weighted by molar-refractivity contribution is 5.73. The molecular weight excluding hydrogens is 328 g/mol. The second kappa shape index (κ2) is 8.21. The van der Waals surface area contributed by atoms with Crippen LogP contribution in [0.25, 0.3) is 0 Å². The molecule has 0 saturated heterocycles. The van der Waals surface area contributed by atoms with Crippen LogP contribution in [-0.2, 0) is 11.2 Å². The maximum Gasteiger partial charge on any atom is 0.345 e. The van der Waals surface area contributed by atoms with Crippen LogP contribution < -0.4 is 9.47 Å². The summed E-state index contributed by atoms with van der Waals surface area (Å²) in [7, 11) is 0. The number of hydrogen-bond acceptors (Lipinski definition) is 3. The van der Waals surface area contributed by atoms with Crippen molar-refractivity contribution in [3.8, 4) is 17.2 Å². The van der Waals surface area contributed by atoms with Gasteiger partial charge in [0.15, 0.2) is 6.10 Å². The van der Waals surface area contributed by atoms with Crippen molar-refractivity contribution in [1.29, 1.82) is 0 Å². The zero-order chi connectivity index (χ0) is 18.4. The van der Waals surface area contributed by atoms with Gasteiger partial charge in [-0.25, -0.2) is 4.79 Å². The topological polar surface area (TPSA) is 55.8 Å². The lowest BCUT2D eigenvalue weighted by Gasteiger charge is -2.18. The van der Waals surface area contributed by atoms with E-state index in [9.17, 15) is 9.90 Å². The smallest absolute Gasteiger partial charge is 0.345 e. The second-order valence-electron chi connectivity index (χ2n) is 5.94. The lowest BCUT2D eigenvalue weighted by atomic mass is 10.1. The normalized spacial score (nSPS) is 11.6. The molecule has 0 unspecified atom stereocenters. The van der Waals surface area contributed by atoms with E-state index in [1.807, 2.05) is 79.7 Å². The highest BCUT2D eigenvalue weighted by Gasteiger charge is 2.22. The molecule has 3 aromatic rings. The molecule has 26 heavy (non-hydrogen) atoms. The third-order valence-corrected chi connectivity index (χ3v) is 3.99. The van der Waals surface area contributed by atoms with Crippen LogP contribution >= 0.6 is 0 Å². The first-order valence-corrected chi connectivity index (χ1v) is 8.39. The first-order valence-electron chi connectivity index (χ1n) is 8.39. The summed E-state index contributed by atoms with van der Waals surface area (Å²) in [5.74, 6) is 0.883. The molecule has 0 spiro atoms. The van der Waals surface area contributed by atoms with Crippen molar-refractivity contribution >= 4 is 5.97 Å². The van der Waals surface area contributed by atoms with Crippen LogP contribution in [0.4, 0.5) is 0 Å². The number of carbonyl (C=O) groups is 1. The Morgan fingerprint density at radius 1 is 0.885 bits per heavy atom. The second-order valence-corrected chi connectivity index (χ2v) is 5.94. The molecule has 0 saturated carbocycles. The third kappa shape index (κ3) is 4.42. The van der Waals surface area contributed by atoms with Gasteiger partial charge < -0.3 is 14.6 Å². The number of rotatable bonds is 7. The Kier molecular flexibility index (Phi) is 5.54. The van der Waals surface area contributed by atoms with E-state index < -0.39 is 12.1 Å². The minimum Gasteiger partial charge on any atom is -0.478 e. The monoisotopic (exact) mass is 348 g/mol. The van der Waals surface area contributed by atoms with Gasteiger partial charge in [0, 0.05) is 6.42 Å². The lowest BCUT2D eigenvalue weighted by molar-refractivity contribution is -0.145. The molecule has 4 nitrogen and oxygen atoms in total. The highest BCUT2D eigenvalue weighted by atomic mass is 16.5. The fourth-order valence-corrected chi connectivity index (χ4v) is 2.61. The van der Waals surface area contributed by atoms with E-state index in [0.717, 1.165) is 11.1 Å². The fraction of sp³-hybridized carbons (Fsp3) is 0.136. The Balaban J connectivity index is 1.81. The van der Waals surface area contributed by atoms with E-state index in [-0.39, 0.29) is 6.42 Å². The molecule has 0 aromatic heterocycles. The number of benzene rings is 3. The van der Waals surface area contributed by atoms with Crippen LogP contribution in [-0.4, -0.2) is 17.2 Å². The lowest BCUT2D eigenvalue weighted by Crippen LogP contribution is -2.29. The van der Waals surface area contributed by atoms with Crippen molar-refractivity contribution in [2.45, 2.75) is 19.4 Å². The highest BCUT2D eigenvalue weighted by Crippen LogP contribution is 2.27. The van der Waals surface area contributed by atoms with Gasteiger partial charge in [0.25, 0.3) is 0 Å². The Morgan fingerprint density at radius 3 is 2.19 bits per heavy atom. The molecule has 0 fully saturated rings. The summed E-state index contributed by atoms with van der Waals surface area (Å²) in [6.07, 6.45) is -0.802. The maximum absolute atomic E-state index is 11.7. The summed E-state index contributed by atoms with van der Waals surface area (Å²) in [6, 6.07) is 24.2. The van der Waals surface area contributed by atoms with Gasteiger partial charge >= 0.3 is 5.97 Å². The number of carboxylic acid groups (broad SMARTS) is 1. The molecule has 0 bridgehead atoms. The summed E-state index contributed by atoms with van der Waals surface area (Å²) in [5.41, 5.74) is 1.67. The summed E-state index contributed by atoms with van der Waals surface area (Å²) in [4.78, 5) is 11.7. The van der Waals surface area contributed by atoms with Crippen molar-refractivity contribution in [1.82, 2.24) is 0 Å². The molecule has 0 heterocycles. The Morgan fingerprint density at radius 2 is 1.50 bits per heavy atom. The van der Waals surface area contributed by atoms with Crippen molar-refractivity contribution in [3.63, 3.8) is 0 Å². The molecule has 0 amide bonds. The number of hydrogen-bond donors (Lipinski definition) is 1. The molecular formula is C22H20O4. The van der Waals surface area contributed by atoms with Gasteiger partial charge in [-0.05, 0) is 42.3 Å². The molecule has 4 heteroatoms. The molecule has 1 N–H and O–H groups in total. The number of carboxylic acids is 1. The number of aryl methyl sites for hydroxylation is 1. The van der Waals surface area contributed by atoms with Crippen LogP contribution in [0, 0.1) is 6.92 Å². The predicted octanol–water partition coefficient (Wildman–Crippen LogP) is 4.86. The molecule has 1 atom stereocenters. The summed E-state index contributed by atoms with van der Waals surface area (Å²) < 4.78 is 11.7. The predicted molar refractivity (Wildman–Crippen MR) is 99.9 cm³/mol. The van der Waals surface area contributed by atoms with Crippen LogP contribution in [0.5, 0.6) is 17.2 Å². The van der Waals surface area contributed by atoms with Gasteiger partial charge in [-0.2, -0.15) is 0 Å². The van der Waals surface area contributed by atoms with E-state index in [4.69, 9.17) is 9.47 Å². The Bertz CT molecular complexity index is 874. The molecule has 0 aliphatic carbocycles. The van der Waals surface area contributed by atoms with Gasteiger partial charge in [-0.1, -0.05) is 54.6 Å². The van der Waals surface area contributed by atoms with E-state index in [0.29, 0.717) is 17.2 Å². The van der Waals surface area contributed by atoms with Crippen LogP contribution in [0.15, 0.2) is 78.9 Å². The van der Waals surface area contributed by atoms with Gasteiger partial charge in [0.1, 0.15) is 17.2 Å². The van der Waals surface area contributed by atoms with Gasteiger partial charge in [-0.15, -0.1) is 0 Å². The SMILES string of the molecule is Cc1ccccc1O[C@@H](Cc1ccccc1Oc1ccccc1)C(=O)O. The minimum absolute atomic E-state index is 0.201. The zero-order valence-electron chi connectivity index (χ0n) is 14.5. The Hall–Kier alpha value is -3.27. The van der Waals surface area contributed by atoms with Crippen molar-refractivity contribution in [3.05, 3.63) is 90.0 Å². The molecule has 0 aliphatic rings. The average Bonchev–Trinajstić information content (AvgIpc) is 2.65. The number of para-hydroxylation sites is 3. The largest absolute Gasteiger partial charge is 0.478 e.